The molecule has 0 radical (unpaired) electrons. The number of carbonyl (C=O) groups is 2. The van der Waals surface area contributed by atoms with Crippen LogP contribution in [0.4, 0.5) is 0 Å². The van der Waals surface area contributed by atoms with E-state index >= 15 is 0 Å². The van der Waals surface area contributed by atoms with Crippen LogP contribution in [-0.4, -0.2) is 31.0 Å². The lowest BCUT2D eigenvalue weighted by Gasteiger charge is -2.13. The van der Waals surface area contributed by atoms with Gasteiger partial charge in [-0.3, -0.25) is 9.59 Å². The summed E-state index contributed by atoms with van der Waals surface area (Å²) in [6.45, 7) is 4.38. The van der Waals surface area contributed by atoms with Gasteiger partial charge in [0, 0.05) is 6.08 Å². The van der Waals surface area contributed by atoms with Gasteiger partial charge in [0.2, 0.25) is 11.8 Å². The van der Waals surface area contributed by atoms with Crippen molar-refractivity contribution in [1.82, 2.24) is 10.6 Å². The molecule has 0 aliphatic heterocycles. The molecule has 0 aliphatic rings. The van der Waals surface area contributed by atoms with Gasteiger partial charge in [0.1, 0.15) is 18.4 Å². The van der Waals surface area contributed by atoms with Gasteiger partial charge in [0.05, 0.1) is 6.54 Å². The maximum atomic E-state index is 12.0. The highest BCUT2D eigenvalue weighted by Gasteiger charge is 2.13. The van der Waals surface area contributed by atoms with E-state index in [1.165, 1.54) is 6.08 Å². The van der Waals surface area contributed by atoms with E-state index in [0.29, 0.717) is 13.2 Å². The second-order valence-corrected chi connectivity index (χ2v) is 5.93. The molecule has 0 saturated heterocycles. The zero-order valence-corrected chi connectivity index (χ0v) is 15.1. The lowest BCUT2D eigenvalue weighted by atomic mass is 10.2. The van der Waals surface area contributed by atoms with E-state index in [-0.39, 0.29) is 11.8 Å². The Morgan fingerprint density at radius 1 is 1.08 bits per heavy atom. The van der Waals surface area contributed by atoms with Crippen molar-refractivity contribution < 1.29 is 14.3 Å². The molecule has 0 spiro atoms. The number of ether oxygens (including phenoxy) is 1. The second-order valence-electron chi connectivity index (χ2n) is 5.93. The van der Waals surface area contributed by atoms with Gasteiger partial charge in [0.25, 0.3) is 0 Å². The van der Waals surface area contributed by atoms with Crippen molar-refractivity contribution in [3.05, 3.63) is 71.8 Å². The zero-order valence-electron chi connectivity index (χ0n) is 15.1. The molecule has 2 amide bonds. The number of benzene rings is 2. The van der Waals surface area contributed by atoms with E-state index < -0.39 is 6.04 Å². The van der Waals surface area contributed by atoms with E-state index in [0.717, 1.165) is 16.9 Å². The molecule has 1 unspecified atom stereocenters. The molecule has 2 rings (SSSR count). The first-order valence-electron chi connectivity index (χ1n) is 8.55. The molecule has 5 nitrogen and oxygen atoms in total. The summed E-state index contributed by atoms with van der Waals surface area (Å²) in [7, 11) is 0. The summed E-state index contributed by atoms with van der Waals surface area (Å²) in [5.41, 5.74) is 2.09. The standard InChI is InChI=1S/C21H24N2O3/c1-16-8-11-19(12-9-16)26-15-14-22-21(25)17(2)23-20(24)13-10-18-6-4-3-5-7-18/h3-13,17H,14-15H2,1-2H3,(H,22,25)(H,23,24). The van der Waals surface area contributed by atoms with Crippen molar-refractivity contribution in [2.45, 2.75) is 19.9 Å². The van der Waals surface area contributed by atoms with Gasteiger partial charge in [-0.1, -0.05) is 48.0 Å². The quantitative estimate of drug-likeness (QED) is 0.567. The molecule has 0 bridgehead atoms. The third-order valence-electron chi connectivity index (χ3n) is 3.67. The number of aryl methyl sites for hydroxylation is 1. The molecule has 136 valence electrons. The number of hydrogen-bond donors (Lipinski definition) is 2. The Morgan fingerprint density at radius 2 is 1.77 bits per heavy atom. The number of rotatable bonds is 8. The SMILES string of the molecule is Cc1ccc(OCCNC(=O)C(C)NC(=O)C=Cc2ccccc2)cc1. The third-order valence-corrected chi connectivity index (χ3v) is 3.67. The van der Waals surface area contributed by atoms with Crippen molar-refractivity contribution in [2.24, 2.45) is 0 Å². The Balaban J connectivity index is 1.67. The summed E-state index contributed by atoms with van der Waals surface area (Å²) in [4.78, 5) is 23.9. The largest absolute Gasteiger partial charge is 0.492 e. The van der Waals surface area contributed by atoms with Gasteiger partial charge in [-0.2, -0.15) is 0 Å². The minimum atomic E-state index is -0.623. The lowest BCUT2D eigenvalue weighted by Crippen LogP contribution is -2.45. The Kier molecular flexibility index (Phi) is 7.43. The lowest BCUT2D eigenvalue weighted by molar-refractivity contribution is -0.126. The summed E-state index contributed by atoms with van der Waals surface area (Å²) in [5.74, 6) is 0.198. The molecule has 0 aromatic heterocycles. The molecule has 0 aliphatic carbocycles. The van der Waals surface area contributed by atoms with Crippen LogP contribution in [0, 0.1) is 6.92 Å². The minimum absolute atomic E-state index is 0.251. The number of amides is 2. The first-order valence-corrected chi connectivity index (χ1v) is 8.55. The molecular formula is C21H24N2O3. The molecule has 0 saturated carbocycles. The van der Waals surface area contributed by atoms with E-state index in [4.69, 9.17) is 4.74 Å². The van der Waals surface area contributed by atoms with E-state index in [1.54, 1.807) is 13.0 Å². The Morgan fingerprint density at radius 3 is 2.46 bits per heavy atom. The topological polar surface area (TPSA) is 67.4 Å². The van der Waals surface area contributed by atoms with Gasteiger partial charge in [-0.15, -0.1) is 0 Å². The molecule has 26 heavy (non-hydrogen) atoms. The van der Waals surface area contributed by atoms with Gasteiger partial charge < -0.3 is 15.4 Å². The van der Waals surface area contributed by atoms with Crippen LogP contribution in [0.2, 0.25) is 0 Å². The number of hydrogen-bond acceptors (Lipinski definition) is 3. The first-order chi connectivity index (χ1) is 12.5. The summed E-state index contributed by atoms with van der Waals surface area (Å²) in [6, 6.07) is 16.6. The van der Waals surface area contributed by atoms with Gasteiger partial charge >= 0.3 is 0 Å². The highest BCUT2D eigenvalue weighted by Crippen LogP contribution is 2.10. The Hall–Kier alpha value is -3.08. The van der Waals surface area contributed by atoms with Crippen LogP contribution < -0.4 is 15.4 Å². The first kappa shape index (κ1) is 19.2. The smallest absolute Gasteiger partial charge is 0.244 e. The predicted octanol–water partition coefficient (Wildman–Crippen LogP) is 2.71. The summed E-state index contributed by atoms with van der Waals surface area (Å²) >= 11 is 0. The monoisotopic (exact) mass is 352 g/mol. The minimum Gasteiger partial charge on any atom is -0.492 e. The fourth-order valence-corrected chi connectivity index (χ4v) is 2.19. The molecule has 2 aromatic rings. The van der Waals surface area contributed by atoms with Crippen LogP contribution in [0.3, 0.4) is 0 Å². The summed E-state index contributed by atoms with van der Waals surface area (Å²) in [5, 5.41) is 5.38. The highest BCUT2D eigenvalue weighted by molar-refractivity contribution is 5.95. The Bertz CT molecular complexity index is 740. The van der Waals surface area contributed by atoms with Crippen LogP contribution in [0.5, 0.6) is 5.75 Å². The summed E-state index contributed by atoms with van der Waals surface area (Å²) in [6.07, 6.45) is 3.12. The zero-order chi connectivity index (χ0) is 18.8. The van der Waals surface area contributed by atoms with Gasteiger partial charge in [0.15, 0.2) is 0 Å². The van der Waals surface area contributed by atoms with Crippen molar-refractivity contribution in [1.29, 1.82) is 0 Å². The van der Waals surface area contributed by atoms with E-state index in [9.17, 15) is 9.59 Å². The Labute approximate surface area is 154 Å². The van der Waals surface area contributed by atoms with E-state index in [2.05, 4.69) is 10.6 Å². The van der Waals surface area contributed by atoms with Crippen molar-refractivity contribution in [3.8, 4) is 5.75 Å². The molecule has 2 aromatic carbocycles. The van der Waals surface area contributed by atoms with Crippen molar-refractivity contribution in [3.63, 3.8) is 0 Å². The molecule has 0 fully saturated rings. The number of nitrogens with one attached hydrogen (secondary N) is 2. The third kappa shape index (κ3) is 6.81. The fourth-order valence-electron chi connectivity index (χ4n) is 2.19. The predicted molar refractivity (Wildman–Crippen MR) is 103 cm³/mol. The van der Waals surface area contributed by atoms with Crippen molar-refractivity contribution in [2.75, 3.05) is 13.2 Å². The summed E-state index contributed by atoms with van der Waals surface area (Å²) < 4.78 is 5.55. The average molecular weight is 352 g/mol. The highest BCUT2D eigenvalue weighted by atomic mass is 16.5. The molecule has 2 N–H and O–H groups in total. The average Bonchev–Trinajstić information content (AvgIpc) is 2.65. The van der Waals surface area contributed by atoms with Crippen LogP contribution in [0.25, 0.3) is 6.08 Å². The molecule has 1 atom stereocenters. The number of carbonyl (C=O) groups excluding carboxylic acids is 2. The molecular weight excluding hydrogens is 328 g/mol. The maximum absolute atomic E-state index is 12.0. The van der Waals surface area contributed by atoms with Crippen LogP contribution in [-0.2, 0) is 9.59 Å². The molecule has 0 heterocycles. The van der Waals surface area contributed by atoms with Crippen LogP contribution >= 0.6 is 0 Å². The van der Waals surface area contributed by atoms with Gasteiger partial charge in [-0.05, 0) is 37.6 Å². The normalized spacial score (nSPS) is 11.8. The van der Waals surface area contributed by atoms with E-state index in [1.807, 2.05) is 61.5 Å². The van der Waals surface area contributed by atoms with Crippen LogP contribution in [0.1, 0.15) is 18.1 Å². The van der Waals surface area contributed by atoms with Crippen molar-refractivity contribution >= 4 is 17.9 Å². The fraction of sp³-hybridized carbons (Fsp3) is 0.238. The maximum Gasteiger partial charge on any atom is 0.244 e. The van der Waals surface area contributed by atoms with Gasteiger partial charge in [-0.25, -0.2) is 0 Å². The molecule has 5 heteroatoms. The second kappa shape index (κ2) is 10.0. The van der Waals surface area contributed by atoms with Crippen LogP contribution in [0.15, 0.2) is 60.7 Å².